The normalized spacial score (nSPS) is 17.0. The fourth-order valence-electron chi connectivity index (χ4n) is 3.54. The van der Waals surface area contributed by atoms with E-state index in [2.05, 4.69) is 22.3 Å². The van der Waals surface area contributed by atoms with Crippen LogP contribution in [-0.2, 0) is 16.0 Å². The van der Waals surface area contributed by atoms with Crippen LogP contribution >= 0.6 is 0 Å². The van der Waals surface area contributed by atoms with Gasteiger partial charge >= 0.3 is 0 Å². The average molecular weight is 399 g/mol. The van der Waals surface area contributed by atoms with Gasteiger partial charge in [0.1, 0.15) is 0 Å². The van der Waals surface area contributed by atoms with Gasteiger partial charge in [0.05, 0.1) is 33.4 Å². The zero-order valence-corrected chi connectivity index (χ0v) is 17.2. The molecule has 1 atom stereocenters. The van der Waals surface area contributed by atoms with Gasteiger partial charge in [0.25, 0.3) is 0 Å². The molecule has 0 bridgehead atoms. The van der Waals surface area contributed by atoms with E-state index in [1.807, 2.05) is 36.4 Å². The number of benzene rings is 2. The Morgan fingerprint density at radius 1 is 1.14 bits per heavy atom. The number of methoxy groups -OCH3 is 2. The summed E-state index contributed by atoms with van der Waals surface area (Å²) in [4.78, 5) is 14.6. The molecular formula is C23H30N2O4. The molecule has 2 aromatic rings. The number of morpholine rings is 1. The second-order valence-electron chi connectivity index (χ2n) is 7.14. The number of rotatable bonds is 9. The molecule has 0 saturated carbocycles. The van der Waals surface area contributed by atoms with Crippen molar-refractivity contribution in [1.29, 1.82) is 0 Å². The van der Waals surface area contributed by atoms with E-state index in [0.717, 1.165) is 38.2 Å². The van der Waals surface area contributed by atoms with Gasteiger partial charge in [-0.15, -0.1) is 0 Å². The minimum absolute atomic E-state index is 0.0151. The maximum absolute atomic E-state index is 12.2. The molecule has 0 aromatic heterocycles. The Balaban J connectivity index is 1.38. The zero-order chi connectivity index (χ0) is 20.5. The van der Waals surface area contributed by atoms with Crippen molar-refractivity contribution in [2.24, 2.45) is 0 Å². The number of carbonyl (C=O) groups is 1. The number of nitrogens with zero attached hydrogens (tertiary/aromatic N) is 1. The summed E-state index contributed by atoms with van der Waals surface area (Å²) in [5, 5.41) is 3.01. The monoisotopic (exact) mass is 398 g/mol. The summed E-state index contributed by atoms with van der Waals surface area (Å²) in [5.74, 6) is 1.32. The molecule has 0 spiro atoms. The summed E-state index contributed by atoms with van der Waals surface area (Å²) in [5.41, 5.74) is 2.12. The van der Waals surface area contributed by atoms with Gasteiger partial charge in [0.2, 0.25) is 5.91 Å². The summed E-state index contributed by atoms with van der Waals surface area (Å²) in [7, 11) is 3.19. The van der Waals surface area contributed by atoms with E-state index in [4.69, 9.17) is 14.2 Å². The van der Waals surface area contributed by atoms with Crippen LogP contribution in [0.3, 0.4) is 0 Å². The summed E-state index contributed by atoms with van der Waals surface area (Å²) >= 11 is 0. The highest BCUT2D eigenvalue weighted by Gasteiger charge is 2.21. The lowest BCUT2D eigenvalue weighted by Gasteiger charge is -2.33. The van der Waals surface area contributed by atoms with E-state index in [-0.39, 0.29) is 12.0 Å². The quantitative estimate of drug-likeness (QED) is 0.658. The lowest BCUT2D eigenvalue weighted by molar-refractivity contribution is -0.120. The van der Waals surface area contributed by atoms with Crippen LogP contribution in [0.4, 0.5) is 0 Å². The third-order valence-corrected chi connectivity index (χ3v) is 5.11. The van der Waals surface area contributed by atoms with Crippen molar-refractivity contribution in [3.05, 3.63) is 59.7 Å². The van der Waals surface area contributed by atoms with Crippen molar-refractivity contribution in [2.75, 3.05) is 47.0 Å². The topological polar surface area (TPSA) is 60.0 Å². The second-order valence-corrected chi connectivity index (χ2v) is 7.14. The van der Waals surface area contributed by atoms with Crippen LogP contribution in [-0.4, -0.2) is 57.8 Å². The summed E-state index contributed by atoms with van der Waals surface area (Å²) in [6.07, 6.45) is 1.37. The summed E-state index contributed by atoms with van der Waals surface area (Å²) < 4.78 is 16.4. The van der Waals surface area contributed by atoms with Crippen molar-refractivity contribution in [3.63, 3.8) is 0 Å². The molecule has 6 nitrogen and oxygen atoms in total. The van der Waals surface area contributed by atoms with Crippen molar-refractivity contribution in [1.82, 2.24) is 10.2 Å². The van der Waals surface area contributed by atoms with Crippen LogP contribution < -0.4 is 14.8 Å². The molecule has 0 aliphatic carbocycles. The molecule has 1 amide bonds. The molecule has 1 aliphatic rings. The van der Waals surface area contributed by atoms with E-state index < -0.39 is 0 Å². The second kappa shape index (κ2) is 10.8. The maximum atomic E-state index is 12.2. The molecule has 29 heavy (non-hydrogen) atoms. The number of hydrogen-bond acceptors (Lipinski definition) is 5. The Morgan fingerprint density at radius 3 is 2.69 bits per heavy atom. The lowest BCUT2D eigenvalue weighted by Crippen LogP contribution is -2.40. The van der Waals surface area contributed by atoms with E-state index in [0.29, 0.717) is 24.5 Å². The van der Waals surface area contributed by atoms with E-state index in [9.17, 15) is 4.79 Å². The van der Waals surface area contributed by atoms with Crippen LogP contribution in [0.2, 0.25) is 0 Å². The van der Waals surface area contributed by atoms with E-state index in [1.54, 1.807) is 14.2 Å². The van der Waals surface area contributed by atoms with Gasteiger partial charge in [-0.2, -0.15) is 0 Å². The molecule has 6 heteroatoms. The first-order valence-electron chi connectivity index (χ1n) is 10.1. The van der Waals surface area contributed by atoms with Crippen molar-refractivity contribution in [3.8, 4) is 11.5 Å². The first-order chi connectivity index (χ1) is 14.2. The van der Waals surface area contributed by atoms with Crippen LogP contribution in [0.15, 0.2) is 48.5 Å². The van der Waals surface area contributed by atoms with Crippen LogP contribution in [0.1, 0.15) is 23.7 Å². The Bertz CT molecular complexity index is 782. The molecular weight excluding hydrogens is 368 g/mol. The van der Waals surface area contributed by atoms with Gasteiger partial charge in [-0.05, 0) is 29.7 Å². The highest BCUT2D eigenvalue weighted by atomic mass is 16.5. The lowest BCUT2D eigenvalue weighted by atomic mass is 10.1. The van der Waals surface area contributed by atoms with Gasteiger partial charge in [-0.25, -0.2) is 0 Å². The largest absolute Gasteiger partial charge is 0.493 e. The number of amides is 1. The number of carbonyl (C=O) groups excluding carboxylic acids is 1. The Morgan fingerprint density at radius 2 is 1.93 bits per heavy atom. The molecule has 1 N–H and O–H groups in total. The molecule has 2 aromatic carbocycles. The predicted molar refractivity (Wildman–Crippen MR) is 112 cm³/mol. The van der Waals surface area contributed by atoms with Gasteiger partial charge in [0, 0.05) is 26.2 Å². The van der Waals surface area contributed by atoms with Crippen molar-refractivity contribution in [2.45, 2.75) is 18.9 Å². The molecule has 1 fully saturated rings. The maximum Gasteiger partial charge on any atom is 0.224 e. The average Bonchev–Trinajstić information content (AvgIpc) is 2.77. The van der Waals surface area contributed by atoms with Crippen LogP contribution in [0.5, 0.6) is 11.5 Å². The number of nitrogens with one attached hydrogen (secondary N) is 1. The van der Waals surface area contributed by atoms with Gasteiger partial charge in [0.15, 0.2) is 11.5 Å². The molecule has 1 unspecified atom stereocenters. The zero-order valence-electron chi connectivity index (χ0n) is 17.2. The summed E-state index contributed by atoms with van der Waals surface area (Å²) in [6.45, 7) is 4.18. The minimum Gasteiger partial charge on any atom is -0.493 e. The van der Waals surface area contributed by atoms with Crippen molar-refractivity contribution < 1.29 is 19.0 Å². The molecule has 1 aliphatic heterocycles. The molecule has 3 rings (SSSR count). The highest BCUT2D eigenvalue weighted by Crippen LogP contribution is 2.27. The van der Waals surface area contributed by atoms with E-state index >= 15 is 0 Å². The van der Waals surface area contributed by atoms with Crippen LogP contribution in [0, 0.1) is 0 Å². The first kappa shape index (κ1) is 21.1. The molecule has 0 radical (unpaired) electrons. The van der Waals surface area contributed by atoms with Gasteiger partial charge < -0.3 is 19.5 Å². The fraction of sp³-hybridized carbons (Fsp3) is 0.435. The molecule has 156 valence electrons. The standard InChI is InChI=1S/C23H30N2O4/c1-27-20-10-9-18(15-21(20)28-2)16-23(26)24-11-6-12-25-13-14-29-22(17-25)19-7-4-3-5-8-19/h3-5,7-10,15,22H,6,11-14,16-17H2,1-2H3,(H,24,26). The first-order valence-corrected chi connectivity index (χ1v) is 10.1. The minimum atomic E-state index is 0.0151. The van der Waals surface area contributed by atoms with Crippen molar-refractivity contribution >= 4 is 5.91 Å². The number of ether oxygens (including phenoxy) is 3. The third-order valence-electron chi connectivity index (χ3n) is 5.11. The van der Waals surface area contributed by atoms with E-state index in [1.165, 1.54) is 5.56 Å². The third kappa shape index (κ3) is 6.21. The van der Waals surface area contributed by atoms with Gasteiger partial charge in [-0.1, -0.05) is 36.4 Å². The smallest absolute Gasteiger partial charge is 0.224 e. The Kier molecular flexibility index (Phi) is 7.90. The van der Waals surface area contributed by atoms with Gasteiger partial charge in [-0.3, -0.25) is 9.69 Å². The predicted octanol–water partition coefficient (Wildman–Crippen LogP) is 2.83. The summed E-state index contributed by atoms with van der Waals surface area (Å²) in [6, 6.07) is 15.9. The fourth-order valence-corrected chi connectivity index (χ4v) is 3.54. The molecule has 1 saturated heterocycles. The number of hydrogen-bond donors (Lipinski definition) is 1. The molecule has 1 heterocycles. The Hall–Kier alpha value is -2.57. The Labute approximate surface area is 172 Å². The highest BCUT2D eigenvalue weighted by molar-refractivity contribution is 5.78. The van der Waals surface area contributed by atoms with Crippen LogP contribution in [0.25, 0.3) is 0 Å². The SMILES string of the molecule is COc1ccc(CC(=O)NCCCN2CCOC(c3ccccc3)C2)cc1OC.